The van der Waals surface area contributed by atoms with Crippen molar-refractivity contribution in [2.45, 2.75) is 6.54 Å². The van der Waals surface area contributed by atoms with E-state index in [1.807, 2.05) is 0 Å². The molecule has 0 saturated carbocycles. The highest BCUT2D eigenvalue weighted by atomic mass is 19.1. The van der Waals surface area contributed by atoms with Crippen LogP contribution >= 0.6 is 0 Å². The van der Waals surface area contributed by atoms with Crippen molar-refractivity contribution in [3.63, 3.8) is 0 Å². The Kier molecular flexibility index (Phi) is 5.24. The number of likely N-dealkylation sites (N-methyl/N-ethyl adjacent to an activating group) is 1. The number of amides is 2. The molecule has 1 atom stereocenters. The van der Waals surface area contributed by atoms with Gasteiger partial charge in [0.05, 0.1) is 6.54 Å². The summed E-state index contributed by atoms with van der Waals surface area (Å²) < 4.78 is 12.9. The molecule has 8 nitrogen and oxygen atoms in total. The van der Waals surface area contributed by atoms with Crippen molar-refractivity contribution in [1.29, 1.82) is 0 Å². The third-order valence-corrected chi connectivity index (χ3v) is 3.46. The lowest BCUT2D eigenvalue weighted by atomic mass is 10.1. The molecule has 1 aliphatic heterocycles. The van der Waals surface area contributed by atoms with Gasteiger partial charge in [-0.2, -0.15) is 0 Å². The van der Waals surface area contributed by atoms with Gasteiger partial charge < -0.3 is 10.0 Å². The van der Waals surface area contributed by atoms with Crippen LogP contribution in [0.4, 0.5) is 4.39 Å². The smallest absolute Gasteiger partial charge is 0.332 e. The molecule has 1 heterocycles. The number of ketones is 1. The van der Waals surface area contributed by atoms with Crippen LogP contribution in [-0.2, 0) is 30.6 Å². The summed E-state index contributed by atoms with van der Waals surface area (Å²) in [6.45, 7) is -1.08. The lowest BCUT2D eigenvalue weighted by Crippen LogP contribution is -2.40. The number of hydrogen-bond acceptors (Lipinski definition) is 5. The highest BCUT2D eigenvalue weighted by Crippen LogP contribution is 2.18. The molecule has 9 heteroatoms. The Morgan fingerprint density at radius 2 is 1.96 bits per heavy atom. The summed E-state index contributed by atoms with van der Waals surface area (Å²) in [6.07, 6.45) is 0. The van der Waals surface area contributed by atoms with Crippen LogP contribution in [0.25, 0.3) is 0 Å². The summed E-state index contributed by atoms with van der Waals surface area (Å²) in [6, 6.07) is 5.14. The molecule has 0 aliphatic carbocycles. The van der Waals surface area contributed by atoms with Gasteiger partial charge in [0, 0.05) is 13.6 Å². The summed E-state index contributed by atoms with van der Waals surface area (Å²) in [4.78, 5) is 52.6. The molecular formula is C15H15FN2O6. The second kappa shape index (κ2) is 7.18. The third kappa shape index (κ3) is 3.93. The topological polar surface area (TPSA) is 104 Å². The highest BCUT2D eigenvalue weighted by molar-refractivity contribution is 6.42. The summed E-state index contributed by atoms with van der Waals surface area (Å²) >= 11 is 0. The van der Waals surface area contributed by atoms with Gasteiger partial charge in [0.15, 0.2) is 6.61 Å². The number of aliphatic carboxylic acids is 1. The average molecular weight is 338 g/mol. The monoisotopic (exact) mass is 338 g/mol. The number of rotatable bonds is 6. The first kappa shape index (κ1) is 17.5. The minimum absolute atomic E-state index is 0.104. The predicted molar refractivity (Wildman–Crippen MR) is 76.7 cm³/mol. The molecule has 2 amide bonds. The molecule has 1 saturated heterocycles. The minimum atomic E-state index is -1.31. The predicted octanol–water partition coefficient (Wildman–Crippen LogP) is -0.172. The number of nitrogens with zero attached hydrogens (tertiary/aromatic N) is 2. The van der Waals surface area contributed by atoms with Crippen LogP contribution in [0, 0.1) is 11.7 Å². The first-order chi connectivity index (χ1) is 11.3. The SMILES string of the molecule is CN1CC(C(=O)N(Cc2ccc(F)cc2)OCC(=O)O)C(=O)C1=O. The van der Waals surface area contributed by atoms with E-state index in [0.717, 1.165) is 9.96 Å². The van der Waals surface area contributed by atoms with Crippen molar-refractivity contribution in [1.82, 2.24) is 9.96 Å². The van der Waals surface area contributed by atoms with Crippen molar-refractivity contribution < 1.29 is 33.5 Å². The van der Waals surface area contributed by atoms with Gasteiger partial charge in [-0.15, -0.1) is 0 Å². The summed E-state index contributed by atoms with van der Waals surface area (Å²) in [7, 11) is 1.38. The number of halogens is 1. The quantitative estimate of drug-likeness (QED) is 0.439. The number of carboxylic acid groups (broad SMARTS) is 1. The van der Waals surface area contributed by atoms with Crippen molar-refractivity contribution in [2.24, 2.45) is 5.92 Å². The molecular weight excluding hydrogens is 323 g/mol. The highest BCUT2D eigenvalue weighted by Gasteiger charge is 2.43. The second-order valence-corrected chi connectivity index (χ2v) is 5.27. The van der Waals surface area contributed by atoms with Crippen LogP contribution in [0.5, 0.6) is 0 Å². The molecule has 1 N–H and O–H groups in total. The first-order valence-electron chi connectivity index (χ1n) is 6.99. The van der Waals surface area contributed by atoms with Crippen molar-refractivity contribution in [3.8, 4) is 0 Å². The molecule has 1 aliphatic rings. The molecule has 0 aromatic heterocycles. The molecule has 2 rings (SSSR count). The van der Waals surface area contributed by atoms with E-state index in [2.05, 4.69) is 0 Å². The van der Waals surface area contributed by atoms with Gasteiger partial charge in [0.1, 0.15) is 11.7 Å². The fraction of sp³-hybridized carbons (Fsp3) is 0.333. The summed E-state index contributed by atoms with van der Waals surface area (Å²) in [5, 5.41) is 9.42. The van der Waals surface area contributed by atoms with Gasteiger partial charge in [-0.25, -0.2) is 14.2 Å². The van der Waals surface area contributed by atoms with E-state index in [9.17, 15) is 23.6 Å². The molecule has 1 aromatic rings. The Hall–Kier alpha value is -2.81. The molecule has 0 bridgehead atoms. The number of carboxylic acids is 1. The average Bonchev–Trinajstić information content (AvgIpc) is 2.80. The van der Waals surface area contributed by atoms with E-state index in [1.165, 1.54) is 31.3 Å². The molecule has 1 fully saturated rings. The minimum Gasteiger partial charge on any atom is -0.479 e. The fourth-order valence-corrected chi connectivity index (χ4v) is 2.22. The maximum absolute atomic E-state index is 12.9. The van der Waals surface area contributed by atoms with E-state index in [-0.39, 0.29) is 13.1 Å². The van der Waals surface area contributed by atoms with E-state index < -0.39 is 41.9 Å². The summed E-state index contributed by atoms with van der Waals surface area (Å²) in [5.41, 5.74) is 0.472. The lowest BCUT2D eigenvalue weighted by Gasteiger charge is -2.23. The van der Waals surface area contributed by atoms with Crippen LogP contribution in [-0.4, -0.2) is 58.8 Å². The fourth-order valence-electron chi connectivity index (χ4n) is 2.22. The van der Waals surface area contributed by atoms with E-state index in [1.54, 1.807) is 0 Å². The molecule has 128 valence electrons. The zero-order valence-electron chi connectivity index (χ0n) is 12.8. The molecule has 0 spiro atoms. The Morgan fingerprint density at radius 1 is 1.33 bits per heavy atom. The maximum Gasteiger partial charge on any atom is 0.332 e. The van der Waals surface area contributed by atoms with Crippen LogP contribution in [0.15, 0.2) is 24.3 Å². The molecule has 0 radical (unpaired) electrons. The van der Waals surface area contributed by atoms with Gasteiger partial charge in [-0.1, -0.05) is 12.1 Å². The van der Waals surface area contributed by atoms with Crippen molar-refractivity contribution >= 4 is 23.6 Å². The molecule has 1 unspecified atom stereocenters. The Balaban J connectivity index is 2.17. The largest absolute Gasteiger partial charge is 0.479 e. The second-order valence-electron chi connectivity index (χ2n) is 5.27. The van der Waals surface area contributed by atoms with Crippen LogP contribution in [0.1, 0.15) is 5.56 Å². The number of likely N-dealkylation sites (tertiary alicyclic amines) is 1. The third-order valence-electron chi connectivity index (χ3n) is 3.46. The van der Waals surface area contributed by atoms with E-state index >= 15 is 0 Å². The van der Waals surface area contributed by atoms with Gasteiger partial charge in [0.25, 0.3) is 11.8 Å². The normalized spacial score (nSPS) is 17.2. The first-order valence-corrected chi connectivity index (χ1v) is 6.99. The van der Waals surface area contributed by atoms with Gasteiger partial charge in [0.2, 0.25) is 5.78 Å². The van der Waals surface area contributed by atoms with Gasteiger partial charge in [-0.05, 0) is 17.7 Å². The van der Waals surface area contributed by atoms with Gasteiger partial charge in [-0.3, -0.25) is 19.2 Å². The standard InChI is InChI=1S/C15H15FN2O6/c1-17-7-11(13(21)15(17)23)14(22)18(24-8-12(19)20)6-9-2-4-10(16)5-3-9/h2-5,11H,6-8H2,1H3,(H,19,20). The number of hydroxylamine groups is 2. The van der Waals surface area contributed by atoms with Gasteiger partial charge >= 0.3 is 5.97 Å². The number of carbonyl (C=O) groups is 4. The number of benzene rings is 1. The van der Waals surface area contributed by atoms with E-state index in [0.29, 0.717) is 5.56 Å². The lowest BCUT2D eigenvalue weighted by molar-refractivity contribution is -0.199. The summed E-state index contributed by atoms with van der Waals surface area (Å²) in [5.74, 6) is -5.50. The Labute approximate surface area is 136 Å². The van der Waals surface area contributed by atoms with Crippen LogP contribution in [0.3, 0.4) is 0 Å². The number of carbonyl (C=O) groups excluding carboxylic acids is 3. The maximum atomic E-state index is 12.9. The van der Waals surface area contributed by atoms with Crippen molar-refractivity contribution in [2.75, 3.05) is 20.2 Å². The van der Waals surface area contributed by atoms with Crippen molar-refractivity contribution in [3.05, 3.63) is 35.6 Å². The Bertz CT molecular complexity index is 675. The molecule has 24 heavy (non-hydrogen) atoms. The van der Waals surface area contributed by atoms with Crippen LogP contribution < -0.4 is 0 Å². The van der Waals surface area contributed by atoms with Crippen LogP contribution in [0.2, 0.25) is 0 Å². The zero-order valence-corrected chi connectivity index (χ0v) is 12.8. The molecule has 1 aromatic carbocycles. The number of Topliss-reactive ketones (excluding diaryl/α,β-unsaturated/α-hetero) is 1. The number of hydrogen-bond donors (Lipinski definition) is 1. The van der Waals surface area contributed by atoms with E-state index in [4.69, 9.17) is 9.94 Å². The zero-order chi connectivity index (χ0) is 17.9. The Morgan fingerprint density at radius 3 is 2.46 bits per heavy atom.